The molecule has 0 radical (unpaired) electrons. The van der Waals surface area contributed by atoms with E-state index in [9.17, 15) is 0 Å². The third-order valence-electron chi connectivity index (χ3n) is 1.74. The van der Waals surface area contributed by atoms with Crippen LogP contribution in [0.2, 0.25) is 0 Å². The highest BCUT2D eigenvalue weighted by Gasteiger charge is 2.16. The van der Waals surface area contributed by atoms with Gasteiger partial charge in [0.05, 0.1) is 0 Å². The maximum Gasteiger partial charge on any atom is 0.0168 e. The molecule has 1 aromatic rings. The fourth-order valence-corrected chi connectivity index (χ4v) is 2.71. The molecule has 0 fully saturated rings. The van der Waals surface area contributed by atoms with Crippen LogP contribution in [-0.2, 0) is 5.41 Å². The minimum absolute atomic E-state index is 0.262. The molecular weight excluding hydrogens is 374 g/mol. The van der Waals surface area contributed by atoms with Gasteiger partial charge in [0, 0.05) is 7.14 Å². The Kier molecular flexibility index (Phi) is 3.42. The molecule has 0 saturated carbocycles. The van der Waals surface area contributed by atoms with Crippen LogP contribution in [0.15, 0.2) is 18.2 Å². The number of rotatable bonds is 0. The smallest absolute Gasteiger partial charge is 0.0168 e. The first-order chi connectivity index (χ1) is 5.41. The van der Waals surface area contributed by atoms with Gasteiger partial charge in [0.2, 0.25) is 0 Å². The summed E-state index contributed by atoms with van der Waals surface area (Å²) in [6, 6.07) is 6.60. The lowest BCUT2D eigenvalue weighted by Crippen LogP contribution is -2.13. The highest BCUT2D eigenvalue weighted by molar-refractivity contribution is 14.1. The van der Waals surface area contributed by atoms with Crippen LogP contribution in [-0.4, -0.2) is 0 Å². The zero-order valence-electron chi connectivity index (χ0n) is 7.49. The highest BCUT2D eigenvalue weighted by Crippen LogP contribution is 2.28. The topological polar surface area (TPSA) is 0 Å². The summed E-state index contributed by atoms with van der Waals surface area (Å²) >= 11 is 4.76. The van der Waals surface area contributed by atoms with E-state index >= 15 is 0 Å². The van der Waals surface area contributed by atoms with Crippen LogP contribution >= 0.6 is 45.2 Å². The summed E-state index contributed by atoms with van der Waals surface area (Å²) in [4.78, 5) is 0. The average Bonchev–Trinajstić information content (AvgIpc) is 1.92. The number of hydrogen-bond donors (Lipinski definition) is 0. The van der Waals surface area contributed by atoms with Crippen molar-refractivity contribution in [2.24, 2.45) is 0 Å². The normalized spacial score (nSPS) is 11.8. The summed E-state index contributed by atoms with van der Waals surface area (Å²) in [5, 5.41) is 0. The average molecular weight is 386 g/mol. The Balaban J connectivity index is 3.23. The molecule has 0 aliphatic heterocycles. The van der Waals surface area contributed by atoms with Gasteiger partial charge in [0.25, 0.3) is 0 Å². The van der Waals surface area contributed by atoms with E-state index in [1.165, 1.54) is 12.7 Å². The molecule has 66 valence electrons. The molecular formula is C10H12I2. The lowest BCUT2D eigenvalue weighted by Gasteiger charge is -2.20. The van der Waals surface area contributed by atoms with E-state index in [1.807, 2.05) is 0 Å². The molecule has 0 saturated heterocycles. The Morgan fingerprint density at radius 2 is 1.67 bits per heavy atom. The maximum atomic E-state index is 2.40. The van der Waals surface area contributed by atoms with E-state index < -0.39 is 0 Å². The van der Waals surface area contributed by atoms with Crippen LogP contribution in [0.25, 0.3) is 0 Å². The van der Waals surface area contributed by atoms with Crippen LogP contribution < -0.4 is 0 Å². The molecule has 0 aromatic heterocycles. The number of hydrogen-bond acceptors (Lipinski definition) is 0. The standard InChI is InChI=1S/C10H12I2/c1-10(2,3)8-6-7(11)4-5-9(8)12/h4-6H,1-3H3. The molecule has 0 amide bonds. The molecule has 12 heavy (non-hydrogen) atoms. The molecule has 0 aliphatic rings. The predicted octanol–water partition coefficient (Wildman–Crippen LogP) is 4.19. The minimum atomic E-state index is 0.262. The first-order valence-corrected chi connectivity index (χ1v) is 6.02. The zero-order valence-corrected chi connectivity index (χ0v) is 11.8. The highest BCUT2D eigenvalue weighted by atomic mass is 127. The van der Waals surface area contributed by atoms with Crippen molar-refractivity contribution in [2.45, 2.75) is 26.2 Å². The Morgan fingerprint density at radius 3 is 2.08 bits per heavy atom. The molecule has 1 aromatic carbocycles. The van der Waals surface area contributed by atoms with E-state index in [4.69, 9.17) is 0 Å². The van der Waals surface area contributed by atoms with Crippen molar-refractivity contribution in [3.8, 4) is 0 Å². The van der Waals surface area contributed by atoms with Crippen molar-refractivity contribution in [1.82, 2.24) is 0 Å². The Labute approximate surface area is 101 Å². The van der Waals surface area contributed by atoms with E-state index in [0.717, 1.165) is 0 Å². The Morgan fingerprint density at radius 1 is 1.08 bits per heavy atom. The summed E-state index contributed by atoms with van der Waals surface area (Å²) in [6.45, 7) is 6.75. The van der Waals surface area contributed by atoms with Crippen LogP contribution in [0, 0.1) is 7.14 Å². The van der Waals surface area contributed by atoms with E-state index in [2.05, 4.69) is 84.2 Å². The molecule has 0 spiro atoms. The summed E-state index contributed by atoms with van der Waals surface area (Å²) < 4.78 is 2.68. The summed E-state index contributed by atoms with van der Waals surface area (Å²) in [7, 11) is 0. The second-order valence-electron chi connectivity index (χ2n) is 3.87. The predicted molar refractivity (Wildman–Crippen MR) is 70.6 cm³/mol. The minimum Gasteiger partial charge on any atom is -0.0560 e. The van der Waals surface area contributed by atoms with Gasteiger partial charge >= 0.3 is 0 Å². The SMILES string of the molecule is CC(C)(C)c1cc(I)ccc1I. The molecule has 0 heterocycles. The molecule has 2 heteroatoms. The van der Waals surface area contributed by atoms with Gasteiger partial charge in [-0.25, -0.2) is 0 Å². The van der Waals surface area contributed by atoms with E-state index in [-0.39, 0.29) is 5.41 Å². The summed E-state index contributed by atoms with van der Waals surface area (Å²) in [5.41, 5.74) is 1.70. The van der Waals surface area contributed by atoms with Gasteiger partial charge in [-0.1, -0.05) is 20.8 Å². The molecule has 1 rings (SSSR count). The van der Waals surface area contributed by atoms with Crippen LogP contribution in [0.4, 0.5) is 0 Å². The van der Waals surface area contributed by atoms with Crippen molar-refractivity contribution in [3.05, 3.63) is 30.9 Å². The first-order valence-electron chi connectivity index (χ1n) is 3.87. The van der Waals surface area contributed by atoms with Gasteiger partial charge in [-0.3, -0.25) is 0 Å². The molecule has 0 nitrogen and oxygen atoms in total. The van der Waals surface area contributed by atoms with Crippen LogP contribution in [0.1, 0.15) is 26.3 Å². The van der Waals surface area contributed by atoms with Crippen molar-refractivity contribution < 1.29 is 0 Å². The Bertz CT molecular complexity index is 284. The molecule has 0 aliphatic carbocycles. The van der Waals surface area contributed by atoms with Crippen molar-refractivity contribution in [1.29, 1.82) is 0 Å². The fourth-order valence-electron chi connectivity index (χ4n) is 1.07. The van der Waals surface area contributed by atoms with Gasteiger partial charge in [0.15, 0.2) is 0 Å². The molecule has 0 atom stereocenters. The third kappa shape index (κ3) is 2.58. The van der Waals surface area contributed by atoms with Crippen LogP contribution in [0.3, 0.4) is 0 Å². The monoisotopic (exact) mass is 386 g/mol. The lowest BCUT2D eigenvalue weighted by molar-refractivity contribution is 0.586. The number of halogens is 2. The zero-order chi connectivity index (χ0) is 9.35. The quantitative estimate of drug-likeness (QED) is 0.587. The first kappa shape index (κ1) is 10.8. The third-order valence-corrected chi connectivity index (χ3v) is 3.35. The van der Waals surface area contributed by atoms with E-state index in [1.54, 1.807) is 0 Å². The van der Waals surface area contributed by atoms with Crippen LogP contribution in [0.5, 0.6) is 0 Å². The lowest BCUT2D eigenvalue weighted by atomic mass is 9.87. The molecule has 0 N–H and O–H groups in total. The van der Waals surface area contributed by atoms with Crippen molar-refractivity contribution in [2.75, 3.05) is 0 Å². The van der Waals surface area contributed by atoms with Gasteiger partial charge < -0.3 is 0 Å². The summed E-state index contributed by atoms with van der Waals surface area (Å²) in [6.07, 6.45) is 0. The second-order valence-corrected chi connectivity index (χ2v) is 6.28. The maximum absolute atomic E-state index is 2.40. The van der Waals surface area contributed by atoms with Gasteiger partial charge in [-0.15, -0.1) is 0 Å². The largest absolute Gasteiger partial charge is 0.0560 e. The molecule has 0 unspecified atom stereocenters. The fraction of sp³-hybridized carbons (Fsp3) is 0.400. The van der Waals surface area contributed by atoms with Crippen molar-refractivity contribution in [3.63, 3.8) is 0 Å². The van der Waals surface area contributed by atoms with Gasteiger partial charge in [-0.2, -0.15) is 0 Å². The van der Waals surface area contributed by atoms with E-state index in [0.29, 0.717) is 0 Å². The molecule has 0 bridgehead atoms. The number of benzene rings is 1. The van der Waals surface area contributed by atoms with Crippen molar-refractivity contribution >= 4 is 45.2 Å². The van der Waals surface area contributed by atoms with Gasteiger partial charge in [-0.05, 0) is 74.4 Å². The second kappa shape index (κ2) is 3.82. The Hall–Kier alpha value is 0.680. The van der Waals surface area contributed by atoms with Gasteiger partial charge in [0.1, 0.15) is 0 Å². The summed E-state index contributed by atoms with van der Waals surface area (Å²) in [5.74, 6) is 0.